The van der Waals surface area contributed by atoms with Gasteiger partial charge in [0, 0.05) is 16.5 Å². The van der Waals surface area contributed by atoms with Gasteiger partial charge in [-0.1, -0.05) is 12.1 Å². The van der Waals surface area contributed by atoms with E-state index < -0.39 is 11.9 Å². The van der Waals surface area contributed by atoms with Gasteiger partial charge in [0.15, 0.2) is 0 Å². The molecule has 2 heterocycles. The van der Waals surface area contributed by atoms with Crippen LogP contribution in [0.1, 0.15) is 51.9 Å². The van der Waals surface area contributed by atoms with Crippen molar-refractivity contribution >= 4 is 34.3 Å². The molecule has 170 valence electrons. The molecule has 0 atom stereocenters. The number of amides is 1. The number of hydrogen-bond donors (Lipinski definition) is 1. The van der Waals surface area contributed by atoms with E-state index in [0.29, 0.717) is 34.3 Å². The molecule has 1 aliphatic rings. The Morgan fingerprint density at radius 2 is 1.91 bits per heavy atom. The molecule has 4 rings (SSSR count). The third-order valence-electron chi connectivity index (χ3n) is 5.47. The highest BCUT2D eigenvalue weighted by molar-refractivity contribution is 7.16. The number of furan rings is 1. The van der Waals surface area contributed by atoms with Crippen LogP contribution >= 0.6 is 11.3 Å². The largest absolute Gasteiger partial charge is 0.462 e. The lowest BCUT2D eigenvalue weighted by atomic mass is 9.96. The lowest BCUT2D eigenvalue weighted by molar-refractivity contribution is -0.112. The van der Waals surface area contributed by atoms with E-state index in [1.54, 1.807) is 43.3 Å². The second-order valence-corrected chi connectivity index (χ2v) is 8.76. The van der Waals surface area contributed by atoms with Gasteiger partial charge in [0.2, 0.25) is 0 Å². The van der Waals surface area contributed by atoms with Crippen LogP contribution in [-0.2, 0) is 22.4 Å². The summed E-state index contributed by atoms with van der Waals surface area (Å²) in [5, 5.41) is 22.4. The van der Waals surface area contributed by atoms with Gasteiger partial charge in [-0.3, -0.25) is 4.79 Å². The fourth-order valence-electron chi connectivity index (χ4n) is 3.80. The molecule has 2 aromatic heterocycles. The lowest BCUT2D eigenvalue weighted by Crippen LogP contribution is -2.13. The normalized spacial score (nSPS) is 12.9. The van der Waals surface area contributed by atoms with Gasteiger partial charge in [-0.15, -0.1) is 11.3 Å². The van der Waals surface area contributed by atoms with E-state index in [9.17, 15) is 20.1 Å². The van der Waals surface area contributed by atoms with Crippen LogP contribution in [0.3, 0.4) is 0 Å². The maximum Gasteiger partial charge on any atom is 0.338 e. The summed E-state index contributed by atoms with van der Waals surface area (Å²) >= 11 is 1.41. The summed E-state index contributed by atoms with van der Waals surface area (Å²) in [7, 11) is 0. The van der Waals surface area contributed by atoms with E-state index in [0.717, 1.165) is 41.7 Å². The zero-order valence-electron chi connectivity index (χ0n) is 18.5. The number of nitrogens with zero attached hydrogens (tertiary/aromatic N) is 2. The van der Waals surface area contributed by atoms with E-state index in [4.69, 9.17) is 9.15 Å². The van der Waals surface area contributed by atoms with Crippen molar-refractivity contribution < 1.29 is 18.7 Å². The lowest BCUT2D eigenvalue weighted by Gasteiger charge is -2.09. The van der Waals surface area contributed by atoms with Gasteiger partial charge in [0.25, 0.3) is 5.91 Å². The first kappa shape index (κ1) is 23.0. The Kier molecular flexibility index (Phi) is 6.91. The summed E-state index contributed by atoms with van der Waals surface area (Å²) in [4.78, 5) is 25.7. The topological polar surface area (TPSA) is 116 Å². The number of carbonyl (C=O) groups is 2. The molecular formula is C26H21N3O4S. The Labute approximate surface area is 200 Å². The highest BCUT2D eigenvalue weighted by Gasteiger charge is 2.23. The summed E-state index contributed by atoms with van der Waals surface area (Å²) in [6.45, 7) is 2.05. The maximum absolute atomic E-state index is 12.8. The molecule has 1 aromatic carbocycles. The third kappa shape index (κ3) is 4.78. The average molecular weight is 472 g/mol. The number of thiophene rings is 1. The Morgan fingerprint density at radius 1 is 1.15 bits per heavy atom. The highest BCUT2D eigenvalue weighted by atomic mass is 32.1. The third-order valence-corrected chi connectivity index (χ3v) is 6.68. The number of hydrogen-bond acceptors (Lipinski definition) is 7. The molecule has 0 bridgehead atoms. The molecule has 0 radical (unpaired) electrons. The van der Waals surface area contributed by atoms with E-state index in [2.05, 4.69) is 11.4 Å². The number of carbonyl (C=O) groups excluding carboxylic acids is 2. The minimum absolute atomic E-state index is 0.131. The first-order valence-electron chi connectivity index (χ1n) is 10.9. The quantitative estimate of drug-likeness (QED) is 0.289. The molecule has 8 heteroatoms. The number of benzene rings is 1. The van der Waals surface area contributed by atoms with Crippen molar-refractivity contribution in [3.8, 4) is 23.5 Å². The summed E-state index contributed by atoms with van der Waals surface area (Å²) in [6.07, 6.45) is 5.21. The Bertz CT molecular complexity index is 1350. The van der Waals surface area contributed by atoms with Gasteiger partial charge in [-0.25, -0.2) is 4.79 Å². The molecule has 0 saturated heterocycles. The van der Waals surface area contributed by atoms with Crippen molar-refractivity contribution in [3.05, 3.63) is 69.3 Å². The fraction of sp³-hybridized carbons (Fsp3) is 0.231. The van der Waals surface area contributed by atoms with Crippen LogP contribution in [0.4, 0.5) is 5.00 Å². The predicted molar refractivity (Wildman–Crippen MR) is 128 cm³/mol. The number of anilines is 1. The average Bonchev–Trinajstić information content (AvgIpc) is 3.46. The van der Waals surface area contributed by atoms with E-state index >= 15 is 0 Å². The standard InChI is InChI=1S/C26H21N3O4S/c1-2-32-26(31)17-9-7-16(8-10-17)22-12-11-19(33-22)13-18(14-27)24(30)29-25-21(15-28)20-5-3-4-6-23(20)34-25/h7-13H,2-6H2,1H3,(H,29,30)/b18-13+. The van der Waals surface area contributed by atoms with Gasteiger partial charge in [-0.05, 0) is 62.4 Å². The van der Waals surface area contributed by atoms with Crippen LogP contribution in [0, 0.1) is 22.7 Å². The Hall–Kier alpha value is -4.14. The monoisotopic (exact) mass is 471 g/mol. The summed E-state index contributed by atoms with van der Waals surface area (Å²) < 4.78 is 10.8. The van der Waals surface area contributed by atoms with Gasteiger partial charge in [0.05, 0.1) is 17.7 Å². The maximum atomic E-state index is 12.8. The van der Waals surface area contributed by atoms with Gasteiger partial charge < -0.3 is 14.5 Å². The molecule has 34 heavy (non-hydrogen) atoms. The van der Waals surface area contributed by atoms with E-state index in [1.165, 1.54) is 17.4 Å². The predicted octanol–water partition coefficient (Wildman–Crippen LogP) is 5.48. The minimum atomic E-state index is -0.589. The number of ether oxygens (including phenoxy) is 1. The summed E-state index contributed by atoms with van der Waals surface area (Å²) in [6, 6.07) is 14.2. The van der Waals surface area contributed by atoms with Crippen LogP contribution < -0.4 is 5.32 Å². The SMILES string of the molecule is CCOC(=O)c1ccc(-c2ccc(/C=C(\C#N)C(=O)Nc3sc4c(c3C#N)CCCC4)o2)cc1. The summed E-state index contributed by atoms with van der Waals surface area (Å²) in [5.74, 6) is -0.124. The van der Waals surface area contributed by atoms with Crippen LogP contribution in [0.5, 0.6) is 0 Å². The van der Waals surface area contributed by atoms with E-state index in [-0.39, 0.29) is 5.57 Å². The molecule has 3 aromatic rings. The number of fused-ring (bicyclic) bond motifs is 1. The minimum Gasteiger partial charge on any atom is -0.462 e. The molecule has 0 spiro atoms. The van der Waals surface area contributed by atoms with Crippen molar-refractivity contribution in [2.24, 2.45) is 0 Å². The molecule has 0 fully saturated rings. The van der Waals surface area contributed by atoms with Crippen LogP contribution in [0.2, 0.25) is 0 Å². The fourth-order valence-corrected chi connectivity index (χ4v) is 5.04. The number of aryl methyl sites for hydroxylation is 1. The number of nitrogens with one attached hydrogen (secondary N) is 1. The second-order valence-electron chi connectivity index (χ2n) is 7.65. The molecule has 1 aliphatic carbocycles. The zero-order valence-corrected chi connectivity index (χ0v) is 19.3. The first-order valence-corrected chi connectivity index (χ1v) is 11.7. The molecule has 1 N–H and O–H groups in total. The zero-order chi connectivity index (χ0) is 24.1. The van der Waals surface area contributed by atoms with Gasteiger partial charge in [-0.2, -0.15) is 10.5 Å². The van der Waals surface area contributed by atoms with Crippen molar-refractivity contribution in [1.82, 2.24) is 0 Å². The molecular weight excluding hydrogens is 450 g/mol. The van der Waals surface area contributed by atoms with Crippen molar-refractivity contribution in [2.75, 3.05) is 11.9 Å². The van der Waals surface area contributed by atoms with Crippen molar-refractivity contribution in [2.45, 2.75) is 32.6 Å². The van der Waals surface area contributed by atoms with Gasteiger partial charge in [0.1, 0.15) is 34.2 Å². The second kappa shape index (κ2) is 10.2. The summed E-state index contributed by atoms with van der Waals surface area (Å²) in [5.41, 5.74) is 2.55. The number of nitriles is 2. The molecule has 0 unspecified atom stereocenters. The molecule has 0 aliphatic heterocycles. The number of rotatable bonds is 6. The van der Waals surface area contributed by atoms with Crippen LogP contribution in [-0.4, -0.2) is 18.5 Å². The first-order chi connectivity index (χ1) is 16.5. The molecule has 1 amide bonds. The van der Waals surface area contributed by atoms with Crippen LogP contribution in [0.25, 0.3) is 17.4 Å². The highest BCUT2D eigenvalue weighted by Crippen LogP contribution is 2.37. The van der Waals surface area contributed by atoms with Crippen molar-refractivity contribution in [1.29, 1.82) is 10.5 Å². The number of esters is 1. The molecule has 7 nitrogen and oxygen atoms in total. The van der Waals surface area contributed by atoms with Gasteiger partial charge >= 0.3 is 5.97 Å². The van der Waals surface area contributed by atoms with Crippen LogP contribution in [0.15, 0.2) is 46.4 Å². The molecule has 0 saturated carbocycles. The smallest absolute Gasteiger partial charge is 0.338 e. The Morgan fingerprint density at radius 3 is 2.62 bits per heavy atom. The van der Waals surface area contributed by atoms with E-state index in [1.807, 2.05) is 6.07 Å². The van der Waals surface area contributed by atoms with Crippen molar-refractivity contribution in [3.63, 3.8) is 0 Å². The Balaban J connectivity index is 1.51.